The SMILES string of the molecule is NCCNC(=NCCC[C@H](N)C(=O)N[C@@H](CCc1ccccc1)C(=O)Nc1c[nH+]c2ccccc2c1)NCCN. The van der Waals surface area contributed by atoms with Crippen molar-refractivity contribution >= 4 is 34.4 Å². The van der Waals surface area contributed by atoms with E-state index >= 15 is 0 Å². The second-order valence-electron chi connectivity index (χ2n) is 9.46. The van der Waals surface area contributed by atoms with E-state index in [0.29, 0.717) is 70.1 Å². The molecule has 214 valence electrons. The number of para-hydroxylation sites is 1. The van der Waals surface area contributed by atoms with E-state index in [1.54, 1.807) is 6.20 Å². The van der Waals surface area contributed by atoms with E-state index in [2.05, 4.69) is 31.2 Å². The molecule has 3 rings (SSSR count). The molecular formula is C29H42N9O2+. The molecule has 3 aromatic rings. The van der Waals surface area contributed by atoms with Gasteiger partial charge in [-0.15, -0.1) is 0 Å². The summed E-state index contributed by atoms with van der Waals surface area (Å²) in [6.45, 7) is 2.60. The Morgan fingerprint density at radius 2 is 1.60 bits per heavy atom. The Morgan fingerprint density at radius 3 is 2.33 bits per heavy atom. The van der Waals surface area contributed by atoms with E-state index in [1.807, 2.05) is 60.7 Å². The van der Waals surface area contributed by atoms with Crippen LogP contribution >= 0.6 is 0 Å². The number of pyridine rings is 1. The van der Waals surface area contributed by atoms with E-state index in [4.69, 9.17) is 17.2 Å². The lowest BCUT2D eigenvalue weighted by Crippen LogP contribution is -2.50. The van der Waals surface area contributed by atoms with Crippen LogP contribution in [0.5, 0.6) is 0 Å². The molecule has 0 aliphatic carbocycles. The number of nitrogens with two attached hydrogens (primary N) is 3. The van der Waals surface area contributed by atoms with Crippen molar-refractivity contribution in [2.45, 2.75) is 37.8 Å². The minimum absolute atomic E-state index is 0.300. The molecule has 0 spiro atoms. The average Bonchev–Trinajstić information content (AvgIpc) is 2.98. The molecule has 11 heteroatoms. The number of aromatic nitrogens is 1. The summed E-state index contributed by atoms with van der Waals surface area (Å²) in [5.41, 5.74) is 20.0. The molecule has 40 heavy (non-hydrogen) atoms. The number of carbonyl (C=O) groups is 2. The molecule has 0 unspecified atom stereocenters. The predicted molar refractivity (Wildman–Crippen MR) is 159 cm³/mol. The lowest BCUT2D eigenvalue weighted by atomic mass is 10.0. The van der Waals surface area contributed by atoms with Crippen molar-refractivity contribution in [3.05, 3.63) is 72.4 Å². The van der Waals surface area contributed by atoms with Crippen LogP contribution in [0.3, 0.4) is 0 Å². The highest BCUT2D eigenvalue weighted by Gasteiger charge is 2.24. The number of nitrogens with zero attached hydrogens (tertiary/aromatic N) is 1. The summed E-state index contributed by atoms with van der Waals surface area (Å²) in [6, 6.07) is 18.0. The first-order valence-electron chi connectivity index (χ1n) is 13.7. The van der Waals surface area contributed by atoms with Gasteiger partial charge in [0.25, 0.3) is 0 Å². The summed E-state index contributed by atoms with van der Waals surface area (Å²) in [7, 11) is 0. The first-order valence-corrected chi connectivity index (χ1v) is 13.7. The van der Waals surface area contributed by atoms with Crippen molar-refractivity contribution in [2.75, 3.05) is 38.0 Å². The highest BCUT2D eigenvalue weighted by molar-refractivity contribution is 5.98. The molecule has 2 aromatic carbocycles. The van der Waals surface area contributed by atoms with Crippen molar-refractivity contribution in [3.8, 4) is 0 Å². The maximum atomic E-state index is 13.3. The van der Waals surface area contributed by atoms with Gasteiger partial charge in [0.1, 0.15) is 11.7 Å². The van der Waals surface area contributed by atoms with Crippen LogP contribution in [0, 0.1) is 0 Å². The standard InChI is InChI=1S/C29H41N9O2/c30-14-17-34-29(35-18-15-31)33-16-6-10-24(32)27(39)38-26(13-12-21-7-2-1-3-8-21)28(40)37-23-19-22-9-4-5-11-25(22)36-20-23/h1-5,7-9,11,19-20,24,26H,6,10,12-18,30-32H2,(H,37,40)(H,38,39)(H2,33,34,35)/p+1/t24-,26-/m0/s1. The second-order valence-corrected chi connectivity index (χ2v) is 9.46. The van der Waals surface area contributed by atoms with Crippen LogP contribution in [0.2, 0.25) is 0 Å². The third kappa shape index (κ3) is 10.3. The number of nitrogens with one attached hydrogen (secondary N) is 5. The molecule has 0 aliphatic rings. The number of amides is 2. The molecule has 2 atom stereocenters. The Kier molecular flexibility index (Phi) is 12.8. The van der Waals surface area contributed by atoms with Crippen LogP contribution in [-0.4, -0.2) is 62.6 Å². The lowest BCUT2D eigenvalue weighted by molar-refractivity contribution is -0.343. The fraction of sp³-hybridized carbons (Fsp3) is 0.379. The Balaban J connectivity index is 1.59. The van der Waals surface area contributed by atoms with Crippen molar-refractivity contribution in [1.29, 1.82) is 0 Å². The Labute approximate surface area is 235 Å². The van der Waals surface area contributed by atoms with Crippen LogP contribution < -0.4 is 43.5 Å². The molecule has 0 radical (unpaired) electrons. The number of guanidine groups is 1. The third-order valence-electron chi connectivity index (χ3n) is 6.27. The monoisotopic (exact) mass is 548 g/mol. The van der Waals surface area contributed by atoms with Crippen LogP contribution in [0.4, 0.5) is 5.69 Å². The summed E-state index contributed by atoms with van der Waals surface area (Å²) >= 11 is 0. The van der Waals surface area contributed by atoms with E-state index in [9.17, 15) is 9.59 Å². The van der Waals surface area contributed by atoms with Gasteiger partial charge in [-0.1, -0.05) is 42.5 Å². The Morgan fingerprint density at radius 1 is 0.900 bits per heavy atom. The highest BCUT2D eigenvalue weighted by Crippen LogP contribution is 2.15. The fourth-order valence-electron chi connectivity index (χ4n) is 4.11. The number of aliphatic imine (C=N–C) groups is 1. The number of hydrogen-bond acceptors (Lipinski definition) is 6. The quantitative estimate of drug-likeness (QED) is 0.0806. The topological polar surface area (TPSA) is 187 Å². The smallest absolute Gasteiger partial charge is 0.247 e. The molecule has 11 nitrogen and oxygen atoms in total. The zero-order chi connectivity index (χ0) is 28.6. The van der Waals surface area contributed by atoms with Gasteiger partial charge in [-0.25, -0.2) is 4.98 Å². The number of aromatic amines is 1. The van der Waals surface area contributed by atoms with Crippen molar-refractivity contribution in [2.24, 2.45) is 22.2 Å². The van der Waals surface area contributed by atoms with Gasteiger partial charge in [0.05, 0.1) is 6.04 Å². The lowest BCUT2D eigenvalue weighted by Gasteiger charge is -2.20. The van der Waals surface area contributed by atoms with Gasteiger partial charge in [-0.2, -0.15) is 0 Å². The van der Waals surface area contributed by atoms with Gasteiger partial charge < -0.3 is 38.5 Å². The van der Waals surface area contributed by atoms with Crippen LogP contribution in [0.15, 0.2) is 71.9 Å². The van der Waals surface area contributed by atoms with Crippen molar-refractivity contribution in [3.63, 3.8) is 0 Å². The summed E-state index contributed by atoms with van der Waals surface area (Å²) in [4.78, 5) is 34.0. The summed E-state index contributed by atoms with van der Waals surface area (Å²) in [6.07, 6.45) is 3.81. The molecule has 1 heterocycles. The summed E-state index contributed by atoms with van der Waals surface area (Å²) in [5, 5.41) is 13.0. The minimum Gasteiger partial charge on any atom is -0.355 e. The number of hydrogen-bond donors (Lipinski definition) is 7. The molecular weight excluding hydrogens is 506 g/mol. The minimum atomic E-state index is -0.770. The number of benzene rings is 2. The van der Waals surface area contributed by atoms with Gasteiger partial charge in [0.2, 0.25) is 17.3 Å². The maximum absolute atomic E-state index is 13.3. The maximum Gasteiger partial charge on any atom is 0.247 e. The van der Waals surface area contributed by atoms with Crippen LogP contribution in [-0.2, 0) is 16.0 Å². The number of H-pyrrole nitrogens is 1. The molecule has 0 saturated heterocycles. The predicted octanol–water partition coefficient (Wildman–Crippen LogP) is 0.270. The molecule has 0 saturated carbocycles. The average molecular weight is 549 g/mol. The Hall–Kier alpha value is -4.06. The first kappa shape index (κ1) is 30.5. The van der Waals surface area contributed by atoms with E-state index in [0.717, 1.165) is 16.5 Å². The van der Waals surface area contributed by atoms with Crippen LogP contribution in [0.1, 0.15) is 24.8 Å². The summed E-state index contributed by atoms with van der Waals surface area (Å²) in [5.74, 6) is -0.0473. The van der Waals surface area contributed by atoms with Gasteiger partial charge in [-0.05, 0) is 43.4 Å². The second kappa shape index (κ2) is 16.8. The molecule has 11 N–H and O–H groups in total. The molecule has 1 aromatic heterocycles. The van der Waals surface area contributed by atoms with Crippen molar-refractivity contribution < 1.29 is 14.6 Å². The fourth-order valence-corrected chi connectivity index (χ4v) is 4.11. The normalized spacial score (nSPS) is 12.3. The van der Waals surface area contributed by atoms with Gasteiger partial charge in [0.15, 0.2) is 12.2 Å². The van der Waals surface area contributed by atoms with Crippen molar-refractivity contribution in [1.82, 2.24) is 16.0 Å². The zero-order valence-electron chi connectivity index (χ0n) is 22.9. The number of aryl methyl sites for hydroxylation is 1. The number of anilines is 1. The number of carbonyl (C=O) groups excluding carboxylic acids is 2. The molecule has 2 amide bonds. The van der Waals surface area contributed by atoms with E-state index in [-0.39, 0.29) is 11.8 Å². The van der Waals surface area contributed by atoms with E-state index in [1.165, 1.54) is 0 Å². The largest absolute Gasteiger partial charge is 0.355 e. The van der Waals surface area contributed by atoms with Gasteiger partial charge in [-0.3, -0.25) is 14.6 Å². The Bertz CT molecular complexity index is 1230. The molecule has 0 fully saturated rings. The van der Waals surface area contributed by atoms with Gasteiger partial charge in [0, 0.05) is 44.2 Å². The van der Waals surface area contributed by atoms with Gasteiger partial charge >= 0.3 is 0 Å². The zero-order valence-corrected chi connectivity index (χ0v) is 22.9. The van der Waals surface area contributed by atoms with E-state index < -0.39 is 12.1 Å². The molecule has 0 bridgehead atoms. The third-order valence-corrected chi connectivity index (χ3v) is 6.27. The van der Waals surface area contributed by atoms with Crippen LogP contribution in [0.25, 0.3) is 10.9 Å². The number of fused-ring (bicyclic) bond motifs is 1. The molecule has 0 aliphatic heterocycles. The summed E-state index contributed by atoms with van der Waals surface area (Å²) < 4.78 is 0. The first-order chi connectivity index (χ1) is 19.5. The number of rotatable bonds is 15. The highest BCUT2D eigenvalue weighted by atomic mass is 16.2.